The zero-order valence-corrected chi connectivity index (χ0v) is 11.8. The third-order valence-electron chi connectivity index (χ3n) is 2.61. The van der Waals surface area contributed by atoms with Gasteiger partial charge in [-0.2, -0.15) is 5.10 Å². The van der Waals surface area contributed by atoms with Gasteiger partial charge in [0.1, 0.15) is 5.82 Å². The molecule has 1 heterocycles. The Labute approximate surface area is 117 Å². The lowest BCUT2D eigenvalue weighted by molar-refractivity contribution is 0.546. The van der Waals surface area contributed by atoms with Crippen molar-refractivity contribution in [1.82, 2.24) is 15.1 Å². The Morgan fingerprint density at radius 2 is 2.16 bits per heavy atom. The van der Waals surface area contributed by atoms with E-state index in [1.54, 1.807) is 16.9 Å². The van der Waals surface area contributed by atoms with Crippen LogP contribution in [0, 0.1) is 11.7 Å². The smallest absolute Gasteiger partial charge is 0.126 e. The molecule has 3 nitrogen and oxygen atoms in total. The van der Waals surface area contributed by atoms with E-state index in [0.717, 1.165) is 12.2 Å². The van der Waals surface area contributed by atoms with Crippen molar-refractivity contribution < 1.29 is 4.39 Å². The second-order valence-electron chi connectivity index (χ2n) is 4.90. The van der Waals surface area contributed by atoms with Crippen LogP contribution in [0.25, 0.3) is 5.69 Å². The van der Waals surface area contributed by atoms with Crippen LogP contribution in [0.2, 0.25) is 5.02 Å². The summed E-state index contributed by atoms with van der Waals surface area (Å²) in [6.07, 6.45) is 1.80. The van der Waals surface area contributed by atoms with Gasteiger partial charge in [0.05, 0.1) is 11.4 Å². The first-order valence-electron chi connectivity index (χ1n) is 6.26. The molecule has 0 radical (unpaired) electrons. The number of aromatic nitrogens is 2. The van der Waals surface area contributed by atoms with Gasteiger partial charge in [-0.25, -0.2) is 9.07 Å². The molecule has 0 bridgehead atoms. The number of benzene rings is 1. The molecule has 0 spiro atoms. The third kappa shape index (κ3) is 4.04. The minimum absolute atomic E-state index is 0.363. The van der Waals surface area contributed by atoms with Crippen molar-refractivity contribution >= 4 is 11.6 Å². The second-order valence-corrected chi connectivity index (χ2v) is 5.34. The van der Waals surface area contributed by atoms with Crippen molar-refractivity contribution in [1.29, 1.82) is 0 Å². The number of hydrogen-bond donors (Lipinski definition) is 1. The van der Waals surface area contributed by atoms with Gasteiger partial charge in [-0.3, -0.25) is 0 Å². The summed E-state index contributed by atoms with van der Waals surface area (Å²) in [4.78, 5) is 0. The largest absolute Gasteiger partial charge is 0.311 e. The van der Waals surface area contributed by atoms with Gasteiger partial charge in [-0.1, -0.05) is 25.4 Å². The molecule has 0 amide bonds. The molecule has 0 unspecified atom stereocenters. The second kappa shape index (κ2) is 6.17. The summed E-state index contributed by atoms with van der Waals surface area (Å²) in [5, 5.41) is 8.07. The summed E-state index contributed by atoms with van der Waals surface area (Å²) in [5.74, 6) is 0.238. The van der Waals surface area contributed by atoms with Crippen LogP contribution in [0.4, 0.5) is 4.39 Å². The van der Waals surface area contributed by atoms with Crippen LogP contribution < -0.4 is 5.32 Å². The SMILES string of the molecule is CC(C)CNCc1ccn(-c2cc(F)cc(Cl)c2)n1. The summed E-state index contributed by atoms with van der Waals surface area (Å²) >= 11 is 5.83. The van der Waals surface area contributed by atoms with E-state index in [1.807, 2.05) is 6.07 Å². The average molecular weight is 282 g/mol. The zero-order valence-electron chi connectivity index (χ0n) is 11.0. The molecule has 2 aromatic rings. The molecule has 2 rings (SSSR count). The van der Waals surface area contributed by atoms with Gasteiger partial charge in [-0.15, -0.1) is 0 Å². The van der Waals surface area contributed by atoms with Gasteiger partial charge in [0.15, 0.2) is 0 Å². The minimum Gasteiger partial charge on any atom is -0.311 e. The van der Waals surface area contributed by atoms with Crippen molar-refractivity contribution in [2.75, 3.05) is 6.54 Å². The van der Waals surface area contributed by atoms with E-state index in [-0.39, 0.29) is 5.82 Å². The molecule has 1 aromatic carbocycles. The number of halogens is 2. The maximum atomic E-state index is 13.3. The van der Waals surface area contributed by atoms with E-state index in [2.05, 4.69) is 24.3 Å². The first kappa shape index (κ1) is 14.0. The maximum absolute atomic E-state index is 13.3. The third-order valence-corrected chi connectivity index (χ3v) is 2.83. The molecule has 102 valence electrons. The zero-order chi connectivity index (χ0) is 13.8. The molecule has 0 aliphatic carbocycles. The Hall–Kier alpha value is -1.39. The highest BCUT2D eigenvalue weighted by atomic mass is 35.5. The fourth-order valence-electron chi connectivity index (χ4n) is 1.76. The van der Waals surface area contributed by atoms with Gasteiger partial charge >= 0.3 is 0 Å². The van der Waals surface area contributed by atoms with Gasteiger partial charge < -0.3 is 5.32 Å². The van der Waals surface area contributed by atoms with E-state index >= 15 is 0 Å². The fourth-order valence-corrected chi connectivity index (χ4v) is 1.98. The van der Waals surface area contributed by atoms with E-state index in [1.165, 1.54) is 12.1 Å². The van der Waals surface area contributed by atoms with Gasteiger partial charge in [0, 0.05) is 17.8 Å². The van der Waals surface area contributed by atoms with Crippen molar-refractivity contribution in [3.8, 4) is 5.69 Å². The Bertz CT molecular complexity index is 531. The van der Waals surface area contributed by atoms with Gasteiger partial charge in [0.25, 0.3) is 0 Å². The lowest BCUT2D eigenvalue weighted by atomic mass is 10.2. The minimum atomic E-state index is -0.363. The number of nitrogens with zero attached hydrogens (tertiary/aromatic N) is 2. The molecule has 1 N–H and O–H groups in total. The molecule has 0 fully saturated rings. The molecule has 0 aliphatic heterocycles. The topological polar surface area (TPSA) is 29.9 Å². The lowest BCUT2D eigenvalue weighted by Crippen LogP contribution is -2.19. The molecular weight excluding hydrogens is 265 g/mol. The van der Waals surface area contributed by atoms with Crippen LogP contribution in [0.3, 0.4) is 0 Å². The van der Waals surface area contributed by atoms with Crippen molar-refractivity contribution in [2.45, 2.75) is 20.4 Å². The van der Waals surface area contributed by atoms with Crippen molar-refractivity contribution in [2.24, 2.45) is 5.92 Å². The molecule has 5 heteroatoms. The Morgan fingerprint density at radius 3 is 2.84 bits per heavy atom. The van der Waals surface area contributed by atoms with Crippen LogP contribution >= 0.6 is 11.6 Å². The maximum Gasteiger partial charge on any atom is 0.126 e. The van der Waals surface area contributed by atoms with Crippen LogP contribution in [-0.4, -0.2) is 16.3 Å². The molecule has 0 atom stereocenters. The number of nitrogens with one attached hydrogen (secondary N) is 1. The average Bonchev–Trinajstić information content (AvgIpc) is 2.76. The van der Waals surface area contributed by atoms with E-state index < -0.39 is 0 Å². The van der Waals surface area contributed by atoms with E-state index in [9.17, 15) is 4.39 Å². The predicted octanol–water partition coefficient (Wildman–Crippen LogP) is 3.41. The van der Waals surface area contributed by atoms with E-state index in [4.69, 9.17) is 11.6 Å². The summed E-state index contributed by atoms with van der Waals surface area (Å²) in [7, 11) is 0. The Balaban J connectivity index is 2.07. The first-order chi connectivity index (χ1) is 9.04. The van der Waals surface area contributed by atoms with Crippen LogP contribution in [0.5, 0.6) is 0 Å². The Morgan fingerprint density at radius 1 is 1.37 bits per heavy atom. The lowest BCUT2D eigenvalue weighted by Gasteiger charge is -2.05. The predicted molar refractivity (Wildman–Crippen MR) is 75.1 cm³/mol. The standard InChI is InChI=1S/C14H17ClFN3/c1-10(2)8-17-9-13-3-4-19(18-13)14-6-11(15)5-12(16)7-14/h3-7,10,17H,8-9H2,1-2H3. The van der Waals surface area contributed by atoms with Crippen molar-refractivity contribution in [3.63, 3.8) is 0 Å². The fraction of sp³-hybridized carbons (Fsp3) is 0.357. The van der Waals surface area contributed by atoms with E-state index in [0.29, 0.717) is 23.2 Å². The molecule has 0 saturated carbocycles. The van der Waals surface area contributed by atoms with Crippen LogP contribution in [0.15, 0.2) is 30.5 Å². The molecular formula is C14H17ClFN3. The highest BCUT2D eigenvalue weighted by Gasteiger charge is 2.04. The van der Waals surface area contributed by atoms with Crippen LogP contribution in [-0.2, 0) is 6.54 Å². The van der Waals surface area contributed by atoms with Gasteiger partial charge in [0.2, 0.25) is 0 Å². The molecule has 0 aliphatic rings. The summed E-state index contributed by atoms with van der Waals surface area (Å²) < 4.78 is 14.9. The molecule has 0 saturated heterocycles. The summed E-state index contributed by atoms with van der Waals surface area (Å²) in [5.41, 5.74) is 1.54. The van der Waals surface area contributed by atoms with Gasteiger partial charge in [-0.05, 0) is 36.7 Å². The first-order valence-corrected chi connectivity index (χ1v) is 6.64. The number of hydrogen-bond acceptors (Lipinski definition) is 2. The quantitative estimate of drug-likeness (QED) is 0.910. The molecule has 19 heavy (non-hydrogen) atoms. The Kier molecular flexibility index (Phi) is 4.56. The summed E-state index contributed by atoms with van der Waals surface area (Å²) in [6.45, 7) is 5.95. The number of rotatable bonds is 5. The normalized spacial score (nSPS) is 11.2. The summed E-state index contributed by atoms with van der Waals surface area (Å²) in [6, 6.07) is 6.28. The monoisotopic (exact) mass is 281 g/mol. The highest BCUT2D eigenvalue weighted by Crippen LogP contribution is 2.17. The molecule has 1 aromatic heterocycles. The van der Waals surface area contributed by atoms with Crippen molar-refractivity contribution in [3.05, 3.63) is 47.0 Å². The highest BCUT2D eigenvalue weighted by molar-refractivity contribution is 6.30. The van der Waals surface area contributed by atoms with Crippen LogP contribution in [0.1, 0.15) is 19.5 Å².